The Morgan fingerprint density at radius 2 is 2.04 bits per heavy atom. The summed E-state index contributed by atoms with van der Waals surface area (Å²) in [5.74, 6) is 0.328. The molecule has 1 heterocycles. The van der Waals surface area contributed by atoms with Gasteiger partial charge in [0.15, 0.2) is 0 Å². The van der Waals surface area contributed by atoms with E-state index in [1.807, 2.05) is 25.1 Å². The second kappa shape index (κ2) is 7.93. The van der Waals surface area contributed by atoms with Crippen LogP contribution < -0.4 is 5.32 Å². The standard InChI is InChI=1S/C18H15Br2N3O2/c1-2-6-25-18(24)11-4-3-5-13(7-11)23-17-14-8-12(19)9-15(20)16(14)21-10-22-17/h3-5,7-10H,2,6H2,1H3,(H,21,22,23). The van der Waals surface area contributed by atoms with Crippen LogP contribution in [0.5, 0.6) is 0 Å². The first-order valence-corrected chi connectivity index (χ1v) is 9.31. The molecule has 25 heavy (non-hydrogen) atoms. The van der Waals surface area contributed by atoms with Gasteiger partial charge >= 0.3 is 5.97 Å². The van der Waals surface area contributed by atoms with Crippen molar-refractivity contribution in [2.75, 3.05) is 11.9 Å². The molecule has 0 saturated carbocycles. The van der Waals surface area contributed by atoms with Gasteiger partial charge in [-0.15, -0.1) is 0 Å². The highest BCUT2D eigenvalue weighted by Crippen LogP contribution is 2.31. The number of esters is 1. The number of rotatable bonds is 5. The average Bonchev–Trinajstić information content (AvgIpc) is 2.60. The number of ether oxygens (including phenoxy) is 1. The van der Waals surface area contributed by atoms with E-state index >= 15 is 0 Å². The minimum Gasteiger partial charge on any atom is -0.462 e. The molecule has 0 aliphatic heterocycles. The third-order valence-electron chi connectivity index (χ3n) is 3.46. The number of carbonyl (C=O) groups excluding carboxylic acids is 1. The van der Waals surface area contributed by atoms with Gasteiger partial charge in [0, 0.05) is 20.0 Å². The first-order valence-electron chi connectivity index (χ1n) is 7.72. The minimum absolute atomic E-state index is 0.330. The fraction of sp³-hybridized carbons (Fsp3) is 0.167. The lowest BCUT2D eigenvalue weighted by atomic mass is 10.2. The second-order valence-electron chi connectivity index (χ2n) is 5.35. The molecule has 0 spiro atoms. The molecule has 3 rings (SSSR count). The van der Waals surface area contributed by atoms with E-state index in [-0.39, 0.29) is 5.97 Å². The third-order valence-corrected chi connectivity index (χ3v) is 4.52. The molecule has 5 nitrogen and oxygen atoms in total. The highest BCUT2D eigenvalue weighted by Gasteiger charge is 2.11. The monoisotopic (exact) mass is 463 g/mol. The molecule has 0 fully saturated rings. The van der Waals surface area contributed by atoms with Crippen molar-refractivity contribution in [1.82, 2.24) is 9.97 Å². The number of anilines is 2. The highest BCUT2D eigenvalue weighted by atomic mass is 79.9. The molecule has 0 bridgehead atoms. The molecule has 1 aromatic heterocycles. The van der Waals surface area contributed by atoms with Crippen LogP contribution in [0.2, 0.25) is 0 Å². The summed E-state index contributed by atoms with van der Waals surface area (Å²) in [5.41, 5.74) is 2.06. The fourth-order valence-corrected chi connectivity index (χ4v) is 3.66. The van der Waals surface area contributed by atoms with Gasteiger partial charge < -0.3 is 10.1 Å². The topological polar surface area (TPSA) is 64.1 Å². The molecule has 3 aromatic rings. The van der Waals surface area contributed by atoms with Crippen LogP contribution >= 0.6 is 31.9 Å². The molecule has 0 atom stereocenters. The number of aromatic nitrogens is 2. The summed E-state index contributed by atoms with van der Waals surface area (Å²) in [6, 6.07) is 11.0. The van der Waals surface area contributed by atoms with Gasteiger partial charge in [-0.2, -0.15) is 0 Å². The van der Waals surface area contributed by atoms with Crippen molar-refractivity contribution < 1.29 is 9.53 Å². The normalized spacial score (nSPS) is 10.7. The Morgan fingerprint density at radius 3 is 2.84 bits per heavy atom. The van der Waals surface area contributed by atoms with Crippen LogP contribution in [-0.4, -0.2) is 22.5 Å². The van der Waals surface area contributed by atoms with E-state index in [1.165, 1.54) is 6.33 Å². The van der Waals surface area contributed by atoms with Crippen LogP contribution in [-0.2, 0) is 4.74 Å². The largest absolute Gasteiger partial charge is 0.462 e. The summed E-state index contributed by atoms with van der Waals surface area (Å²) in [6.07, 6.45) is 2.29. The Balaban J connectivity index is 1.93. The Morgan fingerprint density at radius 1 is 1.20 bits per heavy atom. The molecular weight excluding hydrogens is 450 g/mol. The number of hydrogen-bond acceptors (Lipinski definition) is 5. The van der Waals surface area contributed by atoms with E-state index in [0.29, 0.717) is 18.0 Å². The van der Waals surface area contributed by atoms with Crippen molar-refractivity contribution in [3.8, 4) is 0 Å². The van der Waals surface area contributed by atoms with Crippen molar-refractivity contribution in [2.24, 2.45) is 0 Å². The van der Waals surface area contributed by atoms with Crippen molar-refractivity contribution in [3.63, 3.8) is 0 Å². The van der Waals surface area contributed by atoms with Gasteiger partial charge in [-0.3, -0.25) is 0 Å². The van der Waals surface area contributed by atoms with Gasteiger partial charge in [0.2, 0.25) is 0 Å². The Labute approximate surface area is 162 Å². The molecule has 7 heteroatoms. The van der Waals surface area contributed by atoms with Crippen molar-refractivity contribution in [1.29, 1.82) is 0 Å². The molecule has 0 unspecified atom stereocenters. The Bertz CT molecular complexity index is 931. The summed E-state index contributed by atoms with van der Waals surface area (Å²) in [5, 5.41) is 4.12. The fourth-order valence-electron chi connectivity index (χ4n) is 2.33. The van der Waals surface area contributed by atoms with E-state index in [1.54, 1.807) is 18.2 Å². The van der Waals surface area contributed by atoms with Crippen molar-refractivity contribution in [3.05, 3.63) is 57.2 Å². The maximum absolute atomic E-state index is 12.0. The number of nitrogens with zero attached hydrogens (tertiary/aromatic N) is 2. The zero-order valence-electron chi connectivity index (χ0n) is 13.4. The number of nitrogens with one attached hydrogen (secondary N) is 1. The predicted molar refractivity (Wildman–Crippen MR) is 105 cm³/mol. The molecule has 0 aliphatic rings. The van der Waals surface area contributed by atoms with E-state index in [2.05, 4.69) is 47.1 Å². The minimum atomic E-state index is -0.330. The first-order chi connectivity index (χ1) is 12.1. The van der Waals surface area contributed by atoms with Crippen LogP contribution in [0.4, 0.5) is 11.5 Å². The summed E-state index contributed by atoms with van der Waals surface area (Å²) >= 11 is 7.00. The molecule has 2 aromatic carbocycles. The lowest BCUT2D eigenvalue weighted by molar-refractivity contribution is 0.0505. The molecule has 0 amide bonds. The number of halogens is 2. The van der Waals surface area contributed by atoms with E-state index < -0.39 is 0 Å². The van der Waals surface area contributed by atoms with Gasteiger partial charge in [0.05, 0.1) is 17.7 Å². The highest BCUT2D eigenvalue weighted by molar-refractivity contribution is 9.11. The molecular formula is C18H15Br2N3O2. The molecule has 0 aliphatic carbocycles. The predicted octanol–water partition coefficient (Wildman–Crippen LogP) is 5.47. The summed E-state index contributed by atoms with van der Waals surface area (Å²) in [7, 11) is 0. The Hall–Kier alpha value is -1.99. The van der Waals surface area contributed by atoms with Crippen LogP contribution in [0.1, 0.15) is 23.7 Å². The SMILES string of the molecule is CCCOC(=O)c1cccc(Nc2ncnc3c(Br)cc(Br)cc23)c1. The number of fused-ring (bicyclic) bond motifs is 1. The van der Waals surface area contributed by atoms with Crippen molar-refractivity contribution >= 4 is 60.2 Å². The summed E-state index contributed by atoms with van der Waals surface area (Å²) in [6.45, 7) is 2.37. The van der Waals surface area contributed by atoms with E-state index in [9.17, 15) is 4.79 Å². The van der Waals surface area contributed by atoms with Gasteiger partial charge in [-0.05, 0) is 52.7 Å². The van der Waals surface area contributed by atoms with Crippen LogP contribution in [0.25, 0.3) is 10.9 Å². The number of hydrogen-bond donors (Lipinski definition) is 1. The quantitative estimate of drug-likeness (QED) is 0.507. The first kappa shape index (κ1) is 17.8. The van der Waals surface area contributed by atoms with Crippen LogP contribution in [0.15, 0.2) is 51.7 Å². The molecule has 0 radical (unpaired) electrons. The lowest BCUT2D eigenvalue weighted by Crippen LogP contribution is -2.06. The van der Waals surface area contributed by atoms with Gasteiger partial charge in [0.25, 0.3) is 0 Å². The zero-order chi connectivity index (χ0) is 17.8. The Kier molecular flexibility index (Phi) is 5.65. The molecule has 128 valence electrons. The average molecular weight is 465 g/mol. The maximum Gasteiger partial charge on any atom is 0.338 e. The van der Waals surface area contributed by atoms with E-state index in [0.717, 1.165) is 32.0 Å². The van der Waals surface area contributed by atoms with E-state index in [4.69, 9.17) is 4.74 Å². The summed E-state index contributed by atoms with van der Waals surface area (Å²) < 4.78 is 6.97. The van der Waals surface area contributed by atoms with Gasteiger partial charge in [-0.25, -0.2) is 14.8 Å². The molecule has 1 N–H and O–H groups in total. The second-order valence-corrected chi connectivity index (χ2v) is 7.12. The molecule has 0 saturated heterocycles. The number of carbonyl (C=O) groups is 1. The summed E-state index contributed by atoms with van der Waals surface area (Å²) in [4.78, 5) is 20.7. The third kappa shape index (κ3) is 4.16. The van der Waals surface area contributed by atoms with Gasteiger partial charge in [0.1, 0.15) is 12.1 Å². The maximum atomic E-state index is 12.0. The van der Waals surface area contributed by atoms with Crippen molar-refractivity contribution in [2.45, 2.75) is 13.3 Å². The van der Waals surface area contributed by atoms with Gasteiger partial charge in [-0.1, -0.05) is 28.9 Å². The zero-order valence-corrected chi connectivity index (χ0v) is 16.6. The van der Waals surface area contributed by atoms with Crippen LogP contribution in [0.3, 0.4) is 0 Å². The van der Waals surface area contributed by atoms with Crippen LogP contribution in [0, 0.1) is 0 Å². The number of benzene rings is 2. The lowest BCUT2D eigenvalue weighted by Gasteiger charge is -2.11. The smallest absolute Gasteiger partial charge is 0.338 e.